The van der Waals surface area contributed by atoms with Gasteiger partial charge in [-0.25, -0.2) is 8.42 Å². The van der Waals surface area contributed by atoms with E-state index in [4.69, 9.17) is 16.3 Å². The summed E-state index contributed by atoms with van der Waals surface area (Å²) in [6.45, 7) is 3.66. The molecule has 218 valence electrons. The molecule has 1 amide bonds. The topological polar surface area (TPSA) is 106 Å². The Bertz CT molecular complexity index is 1690. The fourth-order valence-corrected chi connectivity index (χ4v) is 5.61. The average Bonchev–Trinajstić information content (AvgIpc) is 3.23. The van der Waals surface area contributed by atoms with Crippen molar-refractivity contribution in [2.75, 3.05) is 21.6 Å². The smallest absolute Gasteiger partial charge is 0.491 e. The van der Waals surface area contributed by atoms with Gasteiger partial charge in [-0.05, 0) is 67.3 Å². The maximum absolute atomic E-state index is 13.0. The summed E-state index contributed by atoms with van der Waals surface area (Å²) in [6.07, 6.45) is -4.08. The highest BCUT2D eigenvalue weighted by molar-refractivity contribution is 7.92. The van der Waals surface area contributed by atoms with Crippen LogP contribution in [0, 0.1) is 0 Å². The Kier molecular flexibility index (Phi) is 8.90. The molecule has 4 rings (SSSR count). The molecule has 3 aromatic carbocycles. The third-order valence-corrected chi connectivity index (χ3v) is 7.18. The number of nitrogens with one attached hydrogen (secondary N) is 3. The van der Waals surface area contributed by atoms with Gasteiger partial charge in [0, 0.05) is 51.5 Å². The number of halogens is 4. The predicted octanol–water partition coefficient (Wildman–Crippen LogP) is 7.48. The van der Waals surface area contributed by atoms with E-state index in [1.165, 1.54) is 17.4 Å². The fourth-order valence-electron chi connectivity index (χ4n) is 3.86. The molecule has 8 nitrogen and oxygen atoms in total. The van der Waals surface area contributed by atoms with Crippen molar-refractivity contribution in [3.05, 3.63) is 76.1 Å². The van der Waals surface area contributed by atoms with Crippen molar-refractivity contribution in [2.45, 2.75) is 32.9 Å². The van der Waals surface area contributed by atoms with Crippen LogP contribution in [0.5, 0.6) is 11.5 Å². The van der Waals surface area contributed by atoms with E-state index in [2.05, 4.69) is 20.1 Å². The van der Waals surface area contributed by atoms with Gasteiger partial charge < -0.3 is 20.1 Å². The number of fused-ring (bicyclic) bond motifs is 1. The average molecular weight is 628 g/mol. The molecule has 1 aromatic heterocycles. The van der Waals surface area contributed by atoms with E-state index in [1.807, 2.05) is 0 Å². The monoisotopic (exact) mass is 627 g/mol. The van der Waals surface area contributed by atoms with Gasteiger partial charge in [-0.3, -0.25) is 9.52 Å². The standard InChI is InChI=1S/C27H25ClF3N3O5S2/c1-15(2)38-22-11-20(12-23(13-22)39-27(29,30)31)32-14-16-6-18(28)10-21(7-16)33-26(35)25-9-17-8-19(34-41(3,36)37)4-5-24(17)40-25/h4-13,15,32,34H,14H2,1-3H3,(H,33,35). The zero-order valence-corrected chi connectivity index (χ0v) is 24.3. The van der Waals surface area contributed by atoms with Crippen molar-refractivity contribution in [1.29, 1.82) is 0 Å². The van der Waals surface area contributed by atoms with Crippen LogP contribution >= 0.6 is 22.9 Å². The number of anilines is 3. The lowest BCUT2D eigenvalue weighted by atomic mass is 10.2. The van der Waals surface area contributed by atoms with Crippen molar-refractivity contribution >= 4 is 66.0 Å². The van der Waals surface area contributed by atoms with Crippen LogP contribution in [0.1, 0.15) is 29.1 Å². The molecule has 0 unspecified atom stereocenters. The van der Waals surface area contributed by atoms with E-state index < -0.39 is 28.0 Å². The first-order chi connectivity index (χ1) is 19.1. The summed E-state index contributed by atoms with van der Waals surface area (Å²) in [6, 6.07) is 15.4. The molecular formula is C27H25ClF3N3O5S2. The van der Waals surface area contributed by atoms with Gasteiger partial charge in [-0.15, -0.1) is 24.5 Å². The molecule has 0 aliphatic heterocycles. The first kappa shape index (κ1) is 30.3. The molecule has 14 heteroatoms. The van der Waals surface area contributed by atoms with Crippen LogP contribution in [-0.2, 0) is 16.6 Å². The van der Waals surface area contributed by atoms with Gasteiger partial charge >= 0.3 is 6.36 Å². The Morgan fingerprint density at radius 3 is 2.39 bits per heavy atom. The van der Waals surface area contributed by atoms with E-state index in [-0.39, 0.29) is 18.4 Å². The van der Waals surface area contributed by atoms with Crippen LogP contribution in [0.25, 0.3) is 10.1 Å². The maximum atomic E-state index is 13.0. The summed E-state index contributed by atoms with van der Waals surface area (Å²) in [5.41, 5.74) is 1.77. The molecule has 0 saturated heterocycles. The van der Waals surface area contributed by atoms with Gasteiger partial charge in [-0.2, -0.15) is 0 Å². The van der Waals surface area contributed by atoms with Crippen molar-refractivity contribution in [1.82, 2.24) is 0 Å². The zero-order chi connectivity index (χ0) is 29.9. The van der Waals surface area contributed by atoms with Gasteiger partial charge in [0.05, 0.1) is 17.2 Å². The van der Waals surface area contributed by atoms with Gasteiger partial charge in [0.15, 0.2) is 0 Å². The Morgan fingerprint density at radius 1 is 0.976 bits per heavy atom. The molecule has 0 spiro atoms. The normalized spacial score (nSPS) is 11.9. The highest BCUT2D eigenvalue weighted by Gasteiger charge is 2.31. The number of thiophene rings is 1. The highest BCUT2D eigenvalue weighted by atomic mass is 35.5. The number of amides is 1. The van der Waals surface area contributed by atoms with Crippen molar-refractivity contribution < 1.29 is 35.9 Å². The molecule has 0 fully saturated rings. The lowest BCUT2D eigenvalue weighted by molar-refractivity contribution is -0.274. The number of benzene rings is 3. The Balaban J connectivity index is 1.49. The van der Waals surface area contributed by atoms with Crippen LogP contribution < -0.4 is 24.8 Å². The number of ether oxygens (including phenoxy) is 2. The number of carbonyl (C=O) groups excluding carboxylic acids is 1. The Hall–Kier alpha value is -3.68. The largest absolute Gasteiger partial charge is 0.573 e. The summed E-state index contributed by atoms with van der Waals surface area (Å²) >= 11 is 7.52. The van der Waals surface area contributed by atoms with Gasteiger partial charge in [0.2, 0.25) is 10.0 Å². The first-order valence-electron chi connectivity index (χ1n) is 12.1. The van der Waals surface area contributed by atoms with Crippen molar-refractivity contribution in [3.8, 4) is 11.5 Å². The number of rotatable bonds is 10. The number of sulfonamides is 1. The van der Waals surface area contributed by atoms with Gasteiger partial charge in [0.25, 0.3) is 5.91 Å². The summed E-state index contributed by atoms with van der Waals surface area (Å²) < 4.78 is 74.3. The molecule has 1 heterocycles. The fraction of sp³-hybridized carbons (Fsp3) is 0.222. The Morgan fingerprint density at radius 2 is 1.71 bits per heavy atom. The predicted molar refractivity (Wildman–Crippen MR) is 156 cm³/mol. The van der Waals surface area contributed by atoms with E-state index in [9.17, 15) is 26.4 Å². The van der Waals surface area contributed by atoms with E-state index in [1.54, 1.807) is 62.4 Å². The van der Waals surface area contributed by atoms with Crippen LogP contribution in [-0.4, -0.2) is 33.0 Å². The minimum Gasteiger partial charge on any atom is -0.491 e. The maximum Gasteiger partial charge on any atom is 0.573 e. The molecule has 0 saturated carbocycles. The molecule has 41 heavy (non-hydrogen) atoms. The highest BCUT2D eigenvalue weighted by Crippen LogP contribution is 2.32. The van der Waals surface area contributed by atoms with Gasteiger partial charge in [-0.1, -0.05) is 11.6 Å². The lowest BCUT2D eigenvalue weighted by Gasteiger charge is -2.16. The molecule has 0 aliphatic rings. The molecule has 0 atom stereocenters. The second-order valence-corrected chi connectivity index (χ2v) is 12.6. The quantitative estimate of drug-likeness (QED) is 0.168. The third-order valence-electron chi connectivity index (χ3n) is 5.24. The summed E-state index contributed by atoms with van der Waals surface area (Å²) in [5, 5.41) is 6.87. The second-order valence-electron chi connectivity index (χ2n) is 9.30. The zero-order valence-electron chi connectivity index (χ0n) is 21.9. The Labute approximate surface area is 243 Å². The van der Waals surface area contributed by atoms with Crippen molar-refractivity contribution in [2.24, 2.45) is 0 Å². The number of hydrogen-bond acceptors (Lipinski definition) is 7. The summed E-state index contributed by atoms with van der Waals surface area (Å²) in [5.74, 6) is -0.622. The van der Waals surface area contributed by atoms with E-state index in [0.29, 0.717) is 37.9 Å². The summed E-state index contributed by atoms with van der Waals surface area (Å²) in [7, 11) is -3.44. The molecule has 3 N–H and O–H groups in total. The van der Waals surface area contributed by atoms with Crippen LogP contribution in [0.2, 0.25) is 5.02 Å². The molecule has 0 bridgehead atoms. The van der Waals surface area contributed by atoms with Crippen LogP contribution in [0.4, 0.5) is 30.2 Å². The first-order valence-corrected chi connectivity index (χ1v) is 15.1. The van der Waals surface area contributed by atoms with Crippen LogP contribution in [0.15, 0.2) is 60.7 Å². The number of alkyl halides is 3. The lowest BCUT2D eigenvalue weighted by Crippen LogP contribution is -2.17. The minimum atomic E-state index is -4.86. The van der Waals surface area contributed by atoms with E-state index >= 15 is 0 Å². The SMILES string of the molecule is CC(C)Oc1cc(NCc2cc(Cl)cc(NC(=O)c3cc4cc(NS(C)(=O)=O)ccc4s3)c2)cc(OC(F)(F)F)c1. The second kappa shape index (κ2) is 12.0. The summed E-state index contributed by atoms with van der Waals surface area (Å²) in [4.78, 5) is 13.4. The van der Waals surface area contributed by atoms with Crippen molar-refractivity contribution in [3.63, 3.8) is 0 Å². The molecule has 0 radical (unpaired) electrons. The van der Waals surface area contributed by atoms with Gasteiger partial charge in [0.1, 0.15) is 11.5 Å². The molecule has 0 aliphatic carbocycles. The number of hydrogen-bond donors (Lipinski definition) is 3. The number of carbonyl (C=O) groups is 1. The van der Waals surface area contributed by atoms with E-state index in [0.717, 1.165) is 17.0 Å². The van der Waals surface area contributed by atoms with Crippen LogP contribution in [0.3, 0.4) is 0 Å². The minimum absolute atomic E-state index is 0.166. The molecule has 4 aromatic rings. The third kappa shape index (κ3) is 9.17. The molecular weight excluding hydrogens is 603 g/mol.